The van der Waals surface area contributed by atoms with Gasteiger partial charge in [0.15, 0.2) is 6.10 Å². The molecule has 0 amide bonds. The third-order valence-corrected chi connectivity index (χ3v) is 2.43. The highest BCUT2D eigenvalue weighted by atomic mass is 79.9. The fraction of sp³-hybridized carbons (Fsp3) is 0.222. The van der Waals surface area contributed by atoms with Gasteiger partial charge in [0.25, 0.3) is 0 Å². The lowest BCUT2D eigenvalue weighted by molar-refractivity contribution is -0.147. The Kier molecular flexibility index (Phi) is 3.65. The van der Waals surface area contributed by atoms with Gasteiger partial charge in [0.1, 0.15) is 11.6 Å². The number of benzene rings is 1. The summed E-state index contributed by atoms with van der Waals surface area (Å²) in [5.41, 5.74) is -0.389. The summed E-state index contributed by atoms with van der Waals surface area (Å²) >= 11 is 3.06. The average molecular weight is 279 g/mol. The maximum absolute atomic E-state index is 13.3. The minimum absolute atomic E-state index is 0.0232. The van der Waals surface area contributed by atoms with Crippen LogP contribution in [-0.4, -0.2) is 23.3 Å². The van der Waals surface area contributed by atoms with Crippen molar-refractivity contribution in [1.29, 1.82) is 0 Å². The van der Waals surface area contributed by atoms with Crippen molar-refractivity contribution in [2.24, 2.45) is 0 Å². The molecule has 0 heterocycles. The van der Waals surface area contributed by atoms with Crippen LogP contribution in [-0.2, 0) is 4.79 Å². The van der Waals surface area contributed by atoms with E-state index < -0.39 is 17.9 Å². The number of rotatable bonds is 3. The van der Waals surface area contributed by atoms with Crippen molar-refractivity contribution in [1.82, 2.24) is 0 Å². The minimum Gasteiger partial charge on any atom is -0.495 e. The number of aliphatic hydroxyl groups excluding tert-OH is 1. The molecule has 1 aromatic carbocycles. The van der Waals surface area contributed by atoms with Gasteiger partial charge in [0.05, 0.1) is 17.1 Å². The maximum atomic E-state index is 13.3. The molecule has 0 aromatic heterocycles. The van der Waals surface area contributed by atoms with Gasteiger partial charge in [0, 0.05) is 0 Å². The molecular weight excluding hydrogens is 271 g/mol. The van der Waals surface area contributed by atoms with E-state index in [9.17, 15) is 14.3 Å². The van der Waals surface area contributed by atoms with Crippen molar-refractivity contribution in [3.8, 4) is 5.75 Å². The van der Waals surface area contributed by atoms with Crippen molar-refractivity contribution in [3.63, 3.8) is 0 Å². The third kappa shape index (κ3) is 2.27. The van der Waals surface area contributed by atoms with Crippen LogP contribution in [0, 0.1) is 5.82 Å². The lowest BCUT2D eigenvalue weighted by atomic mass is 10.1. The topological polar surface area (TPSA) is 66.8 Å². The number of hydrogen-bond acceptors (Lipinski definition) is 3. The van der Waals surface area contributed by atoms with E-state index in [2.05, 4.69) is 15.9 Å². The molecule has 1 unspecified atom stereocenters. The molecule has 82 valence electrons. The zero-order valence-corrected chi connectivity index (χ0v) is 9.28. The SMILES string of the molecule is COc1c(Br)ccc(F)c1C(O)C(=O)O. The highest BCUT2D eigenvalue weighted by Gasteiger charge is 2.25. The van der Waals surface area contributed by atoms with Crippen LogP contribution < -0.4 is 4.74 Å². The number of carboxylic acid groups (broad SMARTS) is 1. The molecule has 4 nitrogen and oxygen atoms in total. The summed E-state index contributed by atoms with van der Waals surface area (Å²) < 4.78 is 18.5. The van der Waals surface area contributed by atoms with Gasteiger partial charge in [-0.05, 0) is 28.1 Å². The van der Waals surface area contributed by atoms with Gasteiger partial charge in [-0.25, -0.2) is 9.18 Å². The highest BCUT2D eigenvalue weighted by molar-refractivity contribution is 9.10. The molecule has 0 spiro atoms. The van der Waals surface area contributed by atoms with E-state index in [1.165, 1.54) is 13.2 Å². The Hall–Kier alpha value is -1.14. The molecule has 0 bridgehead atoms. The van der Waals surface area contributed by atoms with Gasteiger partial charge in [-0.3, -0.25) is 0 Å². The molecule has 0 saturated heterocycles. The molecule has 0 fully saturated rings. The van der Waals surface area contributed by atoms with E-state index >= 15 is 0 Å². The molecule has 0 radical (unpaired) electrons. The second-order valence-electron chi connectivity index (χ2n) is 2.72. The van der Waals surface area contributed by atoms with Crippen LogP contribution in [0.1, 0.15) is 11.7 Å². The molecule has 0 aliphatic rings. The summed E-state index contributed by atoms with van der Waals surface area (Å²) in [5, 5.41) is 17.9. The predicted octanol–water partition coefficient (Wildman–Crippen LogP) is 1.71. The lowest BCUT2D eigenvalue weighted by Gasteiger charge is -2.13. The van der Waals surface area contributed by atoms with Crippen molar-refractivity contribution in [2.45, 2.75) is 6.10 Å². The molecule has 15 heavy (non-hydrogen) atoms. The second kappa shape index (κ2) is 4.59. The zero-order valence-electron chi connectivity index (χ0n) is 7.70. The standard InChI is InChI=1S/C9H8BrFO4/c1-15-8-4(10)2-3-5(11)6(8)7(12)9(13)14/h2-3,7,12H,1H3,(H,13,14). The van der Waals surface area contributed by atoms with Crippen molar-refractivity contribution in [3.05, 3.63) is 28.0 Å². The van der Waals surface area contributed by atoms with Crippen molar-refractivity contribution < 1.29 is 24.1 Å². The molecule has 6 heteroatoms. The summed E-state index contributed by atoms with van der Waals surface area (Å²) in [4.78, 5) is 10.5. The van der Waals surface area contributed by atoms with Gasteiger partial charge < -0.3 is 14.9 Å². The van der Waals surface area contributed by atoms with Gasteiger partial charge in [0.2, 0.25) is 0 Å². The molecule has 0 aliphatic heterocycles. The molecule has 1 rings (SSSR count). The lowest BCUT2D eigenvalue weighted by Crippen LogP contribution is -2.13. The predicted molar refractivity (Wildman–Crippen MR) is 53.2 cm³/mol. The summed E-state index contributed by atoms with van der Waals surface area (Å²) in [5.74, 6) is -2.39. The summed E-state index contributed by atoms with van der Waals surface area (Å²) in [7, 11) is 1.26. The quantitative estimate of drug-likeness (QED) is 0.884. The Morgan fingerprint density at radius 1 is 1.60 bits per heavy atom. The largest absolute Gasteiger partial charge is 0.495 e. The Balaban J connectivity index is 3.37. The van der Waals surface area contributed by atoms with E-state index in [4.69, 9.17) is 9.84 Å². The molecule has 2 N–H and O–H groups in total. The van der Waals surface area contributed by atoms with Gasteiger partial charge in [-0.1, -0.05) is 0 Å². The van der Waals surface area contributed by atoms with E-state index in [0.717, 1.165) is 6.07 Å². The average Bonchev–Trinajstić information content (AvgIpc) is 2.19. The molecular formula is C9H8BrFO4. The molecule has 1 aromatic rings. The van der Waals surface area contributed by atoms with Crippen LogP contribution in [0.5, 0.6) is 5.75 Å². The van der Waals surface area contributed by atoms with E-state index in [0.29, 0.717) is 4.47 Å². The van der Waals surface area contributed by atoms with Gasteiger partial charge >= 0.3 is 5.97 Å². The Labute approximate surface area is 93.4 Å². The summed E-state index contributed by atoms with van der Waals surface area (Å²) in [6, 6.07) is 2.42. The number of halogens is 2. The number of carbonyl (C=O) groups is 1. The highest BCUT2D eigenvalue weighted by Crippen LogP contribution is 2.34. The number of aliphatic carboxylic acids is 1. The number of carboxylic acids is 1. The fourth-order valence-corrected chi connectivity index (χ4v) is 1.64. The zero-order chi connectivity index (χ0) is 11.6. The minimum atomic E-state index is -1.95. The number of ether oxygens (including phenoxy) is 1. The third-order valence-electron chi connectivity index (χ3n) is 1.81. The monoisotopic (exact) mass is 278 g/mol. The first-order chi connectivity index (χ1) is 6.99. The number of methoxy groups -OCH3 is 1. The van der Waals surface area contributed by atoms with Gasteiger partial charge in [-0.2, -0.15) is 0 Å². The number of aliphatic hydroxyl groups is 1. The Morgan fingerprint density at radius 2 is 2.20 bits per heavy atom. The number of hydrogen-bond donors (Lipinski definition) is 2. The van der Waals surface area contributed by atoms with Crippen molar-refractivity contribution >= 4 is 21.9 Å². The maximum Gasteiger partial charge on any atom is 0.337 e. The van der Waals surface area contributed by atoms with E-state index in [1.807, 2.05) is 0 Å². The first kappa shape index (κ1) is 11.9. The van der Waals surface area contributed by atoms with E-state index in [-0.39, 0.29) is 11.3 Å². The summed E-state index contributed by atoms with van der Waals surface area (Å²) in [6.45, 7) is 0. The van der Waals surface area contributed by atoms with Crippen LogP contribution in [0.2, 0.25) is 0 Å². The summed E-state index contributed by atoms with van der Waals surface area (Å²) in [6.07, 6.45) is -1.95. The fourth-order valence-electron chi connectivity index (χ4n) is 1.13. The molecule has 1 atom stereocenters. The van der Waals surface area contributed by atoms with Crippen LogP contribution >= 0.6 is 15.9 Å². The van der Waals surface area contributed by atoms with Crippen LogP contribution in [0.25, 0.3) is 0 Å². The Morgan fingerprint density at radius 3 is 2.67 bits per heavy atom. The van der Waals surface area contributed by atoms with Crippen molar-refractivity contribution in [2.75, 3.05) is 7.11 Å². The van der Waals surface area contributed by atoms with E-state index in [1.54, 1.807) is 0 Å². The van der Waals surface area contributed by atoms with Crippen LogP contribution in [0.4, 0.5) is 4.39 Å². The first-order valence-electron chi connectivity index (χ1n) is 3.91. The van der Waals surface area contributed by atoms with Gasteiger partial charge in [-0.15, -0.1) is 0 Å². The van der Waals surface area contributed by atoms with Crippen LogP contribution in [0.3, 0.4) is 0 Å². The molecule has 0 aliphatic carbocycles. The second-order valence-corrected chi connectivity index (χ2v) is 3.57. The Bertz CT molecular complexity index is 394. The molecule has 0 saturated carbocycles. The smallest absolute Gasteiger partial charge is 0.337 e. The first-order valence-corrected chi connectivity index (χ1v) is 4.71. The normalized spacial score (nSPS) is 12.3. The van der Waals surface area contributed by atoms with Crippen LogP contribution in [0.15, 0.2) is 16.6 Å².